The summed E-state index contributed by atoms with van der Waals surface area (Å²) >= 11 is 0. The monoisotopic (exact) mass is 324 g/mol. The van der Waals surface area contributed by atoms with Gasteiger partial charge in [0.15, 0.2) is 6.10 Å². The Morgan fingerprint density at radius 2 is 2.27 bits per heavy atom. The van der Waals surface area contributed by atoms with E-state index in [0.717, 1.165) is 30.8 Å². The van der Waals surface area contributed by atoms with Crippen LogP contribution in [0.15, 0.2) is 35.9 Å². The average molecular weight is 325 g/mol. The maximum absolute atomic E-state index is 12.2. The van der Waals surface area contributed by atoms with Crippen LogP contribution in [0, 0.1) is 6.92 Å². The van der Waals surface area contributed by atoms with Crippen molar-refractivity contribution in [1.82, 2.24) is 10.6 Å². The molecule has 0 spiro atoms. The number of halogens is 1. The van der Waals surface area contributed by atoms with Crippen molar-refractivity contribution in [3.8, 4) is 5.75 Å². The molecule has 0 aromatic heterocycles. The van der Waals surface area contributed by atoms with Gasteiger partial charge in [-0.05, 0) is 44.0 Å². The van der Waals surface area contributed by atoms with Crippen molar-refractivity contribution in [2.75, 3.05) is 19.6 Å². The molecule has 1 aliphatic heterocycles. The third kappa shape index (κ3) is 5.70. The highest BCUT2D eigenvalue weighted by Crippen LogP contribution is 2.15. The molecule has 1 aromatic rings. The van der Waals surface area contributed by atoms with Gasteiger partial charge >= 0.3 is 0 Å². The highest BCUT2D eigenvalue weighted by molar-refractivity contribution is 5.85. The second-order valence-corrected chi connectivity index (χ2v) is 5.37. The van der Waals surface area contributed by atoms with Crippen LogP contribution >= 0.6 is 12.4 Å². The van der Waals surface area contributed by atoms with Crippen LogP contribution in [0.4, 0.5) is 0 Å². The molecule has 1 aromatic carbocycles. The van der Waals surface area contributed by atoms with Gasteiger partial charge in [-0.3, -0.25) is 4.79 Å². The molecule has 0 radical (unpaired) electrons. The molecular formula is C17H25ClN2O2. The quantitative estimate of drug-likeness (QED) is 0.791. The molecule has 0 bridgehead atoms. The number of hydrogen-bond donors (Lipinski definition) is 2. The molecule has 1 heterocycles. The van der Waals surface area contributed by atoms with Crippen molar-refractivity contribution >= 4 is 18.3 Å². The predicted octanol–water partition coefficient (Wildman–Crippen LogP) is 2.61. The fraction of sp³-hybridized carbons (Fsp3) is 0.471. The third-order valence-electron chi connectivity index (χ3n) is 3.58. The molecule has 1 aliphatic rings. The van der Waals surface area contributed by atoms with Gasteiger partial charge in [-0.2, -0.15) is 0 Å². The Morgan fingerprint density at radius 1 is 1.45 bits per heavy atom. The summed E-state index contributed by atoms with van der Waals surface area (Å²) in [5.41, 5.74) is 2.41. The lowest BCUT2D eigenvalue weighted by Gasteiger charge is -2.19. The number of benzene rings is 1. The Morgan fingerprint density at radius 3 is 2.91 bits per heavy atom. The van der Waals surface area contributed by atoms with Crippen LogP contribution in [0.1, 0.15) is 25.3 Å². The number of nitrogens with one attached hydrogen (secondary N) is 2. The zero-order chi connectivity index (χ0) is 15.1. The van der Waals surface area contributed by atoms with Gasteiger partial charge in [0.2, 0.25) is 0 Å². The van der Waals surface area contributed by atoms with Crippen molar-refractivity contribution in [1.29, 1.82) is 0 Å². The summed E-state index contributed by atoms with van der Waals surface area (Å²) in [6.07, 6.45) is 3.36. The molecule has 0 saturated carbocycles. The van der Waals surface area contributed by atoms with E-state index in [2.05, 4.69) is 16.7 Å². The number of carbonyl (C=O) groups is 1. The summed E-state index contributed by atoms with van der Waals surface area (Å²) < 4.78 is 5.80. The molecular weight excluding hydrogens is 300 g/mol. The normalized spacial score (nSPS) is 15.3. The zero-order valence-electron chi connectivity index (χ0n) is 13.2. The number of amides is 1. The first-order valence-corrected chi connectivity index (χ1v) is 7.58. The molecule has 1 amide bonds. The predicted molar refractivity (Wildman–Crippen MR) is 91.7 cm³/mol. The molecule has 5 heteroatoms. The number of aryl methyl sites for hydroxylation is 1. The van der Waals surface area contributed by atoms with Crippen molar-refractivity contribution in [2.24, 2.45) is 0 Å². The minimum Gasteiger partial charge on any atom is -0.481 e. The summed E-state index contributed by atoms with van der Waals surface area (Å²) in [5, 5.41) is 6.24. The SMILES string of the molecule is CCC(Oc1cccc(C)c1)C(=O)NCC1=CCNCC1.Cl. The fourth-order valence-corrected chi connectivity index (χ4v) is 2.32. The number of ether oxygens (including phenoxy) is 1. The molecule has 2 rings (SSSR count). The van der Waals surface area contributed by atoms with E-state index in [-0.39, 0.29) is 18.3 Å². The first-order valence-electron chi connectivity index (χ1n) is 7.58. The standard InChI is InChI=1S/C17H24N2O2.ClH/c1-3-16(21-15-6-4-5-13(2)11-15)17(20)19-12-14-7-9-18-10-8-14;/h4-7,11,16,18H,3,8-10,12H2,1-2H3,(H,19,20);1H. The van der Waals surface area contributed by atoms with Crippen LogP contribution in [0.2, 0.25) is 0 Å². The smallest absolute Gasteiger partial charge is 0.261 e. The van der Waals surface area contributed by atoms with E-state index < -0.39 is 6.10 Å². The van der Waals surface area contributed by atoms with Gasteiger partial charge in [-0.25, -0.2) is 0 Å². The molecule has 0 saturated heterocycles. The van der Waals surface area contributed by atoms with Gasteiger partial charge < -0.3 is 15.4 Å². The summed E-state index contributed by atoms with van der Waals surface area (Å²) in [4.78, 5) is 12.2. The lowest BCUT2D eigenvalue weighted by Crippen LogP contribution is -2.39. The van der Waals surface area contributed by atoms with E-state index in [0.29, 0.717) is 13.0 Å². The van der Waals surface area contributed by atoms with Crippen molar-refractivity contribution in [3.05, 3.63) is 41.5 Å². The summed E-state index contributed by atoms with van der Waals surface area (Å²) in [6, 6.07) is 7.79. The second kappa shape index (κ2) is 9.49. The summed E-state index contributed by atoms with van der Waals surface area (Å²) in [7, 11) is 0. The van der Waals surface area contributed by atoms with Crippen LogP contribution in [0.25, 0.3) is 0 Å². The maximum Gasteiger partial charge on any atom is 0.261 e. The Hall–Kier alpha value is -1.52. The lowest BCUT2D eigenvalue weighted by molar-refractivity contribution is -0.127. The molecule has 0 aliphatic carbocycles. The molecule has 22 heavy (non-hydrogen) atoms. The molecule has 4 nitrogen and oxygen atoms in total. The van der Waals surface area contributed by atoms with Gasteiger partial charge in [0, 0.05) is 13.1 Å². The van der Waals surface area contributed by atoms with Gasteiger partial charge in [0.1, 0.15) is 5.75 Å². The van der Waals surface area contributed by atoms with Crippen molar-refractivity contribution in [2.45, 2.75) is 32.8 Å². The minimum absolute atomic E-state index is 0. The van der Waals surface area contributed by atoms with E-state index in [1.165, 1.54) is 5.57 Å². The van der Waals surface area contributed by atoms with Gasteiger partial charge in [0.25, 0.3) is 5.91 Å². The largest absolute Gasteiger partial charge is 0.481 e. The minimum atomic E-state index is -0.436. The van der Waals surface area contributed by atoms with Gasteiger partial charge in [0.05, 0.1) is 0 Å². The molecule has 0 fully saturated rings. The summed E-state index contributed by atoms with van der Waals surface area (Å²) in [5.74, 6) is 0.705. The second-order valence-electron chi connectivity index (χ2n) is 5.37. The first-order chi connectivity index (χ1) is 10.2. The number of hydrogen-bond acceptors (Lipinski definition) is 3. The number of rotatable bonds is 6. The zero-order valence-corrected chi connectivity index (χ0v) is 14.0. The van der Waals surface area contributed by atoms with Crippen LogP contribution in [-0.4, -0.2) is 31.6 Å². The van der Waals surface area contributed by atoms with E-state index in [4.69, 9.17) is 4.74 Å². The first kappa shape index (κ1) is 18.5. The highest BCUT2D eigenvalue weighted by Gasteiger charge is 2.18. The van der Waals surface area contributed by atoms with Gasteiger partial charge in [-0.15, -0.1) is 12.4 Å². The molecule has 122 valence electrons. The number of carbonyl (C=O) groups excluding carboxylic acids is 1. The van der Waals surface area contributed by atoms with Crippen LogP contribution in [-0.2, 0) is 4.79 Å². The van der Waals surface area contributed by atoms with Crippen LogP contribution < -0.4 is 15.4 Å². The Labute approximate surface area is 138 Å². The Balaban J connectivity index is 0.00000242. The molecule has 1 atom stereocenters. The lowest BCUT2D eigenvalue weighted by atomic mass is 10.1. The molecule has 2 N–H and O–H groups in total. The van der Waals surface area contributed by atoms with E-state index in [1.54, 1.807) is 0 Å². The van der Waals surface area contributed by atoms with E-state index in [9.17, 15) is 4.79 Å². The topological polar surface area (TPSA) is 50.4 Å². The summed E-state index contributed by atoms with van der Waals surface area (Å²) in [6.45, 7) is 6.47. The Kier molecular flexibility index (Phi) is 7.99. The van der Waals surface area contributed by atoms with Crippen molar-refractivity contribution in [3.63, 3.8) is 0 Å². The van der Waals surface area contributed by atoms with E-state index in [1.807, 2.05) is 38.1 Å². The van der Waals surface area contributed by atoms with E-state index >= 15 is 0 Å². The molecule has 1 unspecified atom stereocenters. The van der Waals surface area contributed by atoms with Gasteiger partial charge in [-0.1, -0.05) is 30.7 Å². The fourth-order valence-electron chi connectivity index (χ4n) is 2.32. The Bertz CT molecular complexity index is 517. The van der Waals surface area contributed by atoms with Crippen LogP contribution in [0.5, 0.6) is 5.75 Å². The van der Waals surface area contributed by atoms with Crippen molar-refractivity contribution < 1.29 is 9.53 Å². The van der Waals surface area contributed by atoms with Crippen LogP contribution in [0.3, 0.4) is 0 Å². The average Bonchev–Trinajstić information content (AvgIpc) is 2.51. The maximum atomic E-state index is 12.2. The highest BCUT2D eigenvalue weighted by atomic mass is 35.5. The third-order valence-corrected chi connectivity index (χ3v) is 3.58.